The molecule has 1 saturated heterocycles. The maximum atomic E-state index is 13.8. The van der Waals surface area contributed by atoms with Gasteiger partial charge in [-0.25, -0.2) is 18.4 Å². The van der Waals surface area contributed by atoms with Gasteiger partial charge in [-0.2, -0.15) is 0 Å². The maximum absolute atomic E-state index is 13.8. The molecule has 10 nitrogen and oxygen atoms in total. The summed E-state index contributed by atoms with van der Waals surface area (Å²) in [4.78, 5) is 30.5. The van der Waals surface area contributed by atoms with Crippen molar-refractivity contribution >= 4 is 27.9 Å². The fraction of sp³-hybridized carbons (Fsp3) is 0.400. The molecule has 3 aromatic rings. The van der Waals surface area contributed by atoms with Gasteiger partial charge in [0.1, 0.15) is 11.9 Å². The number of nitrogens with one attached hydrogen (secondary N) is 2. The van der Waals surface area contributed by atoms with E-state index < -0.39 is 16.1 Å². The van der Waals surface area contributed by atoms with Gasteiger partial charge < -0.3 is 14.5 Å². The molecule has 2 aliphatic rings. The zero-order chi connectivity index (χ0) is 32.7. The van der Waals surface area contributed by atoms with E-state index in [9.17, 15) is 18.0 Å². The Kier molecular flexibility index (Phi) is 10.9. The van der Waals surface area contributed by atoms with E-state index >= 15 is 0 Å². The molecule has 1 aliphatic carbocycles. The van der Waals surface area contributed by atoms with E-state index in [1.54, 1.807) is 24.3 Å². The average molecular weight is 646 g/mol. The zero-order valence-corrected chi connectivity index (χ0v) is 27.1. The Labute approximate surface area is 271 Å². The van der Waals surface area contributed by atoms with E-state index in [0.717, 1.165) is 69.2 Å². The van der Waals surface area contributed by atoms with E-state index in [-0.39, 0.29) is 35.2 Å². The van der Waals surface area contributed by atoms with Crippen LogP contribution in [0.4, 0.5) is 4.79 Å². The molecule has 1 saturated carbocycles. The minimum Gasteiger partial charge on any atom is -0.446 e. The van der Waals surface area contributed by atoms with Crippen LogP contribution in [-0.4, -0.2) is 68.3 Å². The summed E-state index contributed by atoms with van der Waals surface area (Å²) >= 11 is 0. The lowest BCUT2D eigenvalue weighted by Crippen LogP contribution is -2.42. The Balaban J connectivity index is 1.26. The first-order chi connectivity index (χ1) is 22.1. The van der Waals surface area contributed by atoms with Gasteiger partial charge in [-0.3, -0.25) is 15.5 Å². The van der Waals surface area contributed by atoms with Gasteiger partial charge in [0.05, 0.1) is 11.3 Å². The van der Waals surface area contributed by atoms with Crippen molar-refractivity contribution < 1.29 is 22.7 Å². The molecular weight excluding hydrogens is 602 g/mol. The lowest BCUT2D eigenvalue weighted by atomic mass is 9.93. The highest BCUT2D eigenvalue weighted by atomic mass is 32.2. The third-order valence-electron chi connectivity index (χ3n) is 8.88. The molecule has 46 heavy (non-hydrogen) atoms. The number of nitrogens with zero attached hydrogens (tertiary/aromatic N) is 2. The van der Waals surface area contributed by atoms with Crippen LogP contribution in [0.1, 0.15) is 61.6 Å². The molecule has 4 N–H and O–H groups in total. The quantitative estimate of drug-likeness (QED) is 0.219. The number of alkyl carbamates (subject to hydrolysis) is 1. The van der Waals surface area contributed by atoms with Gasteiger partial charge in [-0.05, 0) is 61.6 Å². The van der Waals surface area contributed by atoms with Gasteiger partial charge in [0, 0.05) is 36.8 Å². The number of carbonyl (C=O) groups is 2. The highest BCUT2D eigenvalue weighted by molar-refractivity contribution is 7.89. The Hall–Kier alpha value is -4.06. The molecule has 0 radical (unpaired) electrons. The number of benzene rings is 3. The highest BCUT2D eigenvalue weighted by Gasteiger charge is 2.26. The van der Waals surface area contributed by atoms with Crippen molar-refractivity contribution in [2.45, 2.75) is 75.0 Å². The topological polar surface area (TPSA) is 146 Å². The largest absolute Gasteiger partial charge is 0.446 e. The summed E-state index contributed by atoms with van der Waals surface area (Å²) in [6.07, 6.45) is 6.15. The van der Waals surface area contributed by atoms with Gasteiger partial charge >= 0.3 is 6.09 Å². The molecule has 1 heterocycles. The molecule has 244 valence electrons. The average Bonchev–Trinajstić information content (AvgIpc) is 3.05. The number of hydrogen-bond donors (Lipinski definition) is 3. The Morgan fingerprint density at radius 3 is 2.33 bits per heavy atom. The van der Waals surface area contributed by atoms with Gasteiger partial charge in [0.2, 0.25) is 15.9 Å². The minimum atomic E-state index is -3.89. The normalized spacial score (nSPS) is 16.5. The van der Waals surface area contributed by atoms with Crippen LogP contribution in [0.5, 0.6) is 0 Å². The first-order valence-corrected chi connectivity index (χ1v) is 17.5. The number of piperidine rings is 1. The van der Waals surface area contributed by atoms with Crippen molar-refractivity contribution in [2.24, 2.45) is 5.14 Å². The Morgan fingerprint density at radius 1 is 0.935 bits per heavy atom. The summed E-state index contributed by atoms with van der Waals surface area (Å²) in [6, 6.07) is 21.4. The van der Waals surface area contributed by atoms with Crippen molar-refractivity contribution in [3.63, 3.8) is 0 Å². The maximum Gasteiger partial charge on any atom is 0.413 e. The van der Waals surface area contributed by atoms with E-state index in [2.05, 4.69) is 10.2 Å². The minimum absolute atomic E-state index is 0.00453. The van der Waals surface area contributed by atoms with Gasteiger partial charge in [0.25, 0.3) is 0 Å². The number of sulfonamides is 1. The number of carbonyl (C=O) groups excluding carboxylic acids is 2. The standard InChI is InChI=1S/C35H43N5O5S/c1-39-20-18-30(19-21-39)45-35(42)38-34(36)28-9-7-8-26(22-28)24-40(29-10-3-2-4-11-29)33(41)23-25-14-16-27(17-15-25)31-12-5-6-13-32(31)46(37,43)44/h5-9,12-17,22,29-30H,2-4,10-11,18-21,23-24H2,1H3,(H2,36,38,42)(H2,37,43,44). The summed E-state index contributed by atoms with van der Waals surface area (Å²) in [5.74, 6) is -0.0377. The van der Waals surface area contributed by atoms with Crippen molar-refractivity contribution in [1.29, 1.82) is 5.41 Å². The summed E-state index contributed by atoms with van der Waals surface area (Å²) in [6.45, 7) is 2.13. The number of likely N-dealkylation sites (tertiary alicyclic amines) is 1. The van der Waals surface area contributed by atoms with Crippen molar-refractivity contribution in [1.82, 2.24) is 15.1 Å². The molecule has 0 bridgehead atoms. The van der Waals surface area contributed by atoms with Crippen LogP contribution in [0, 0.1) is 5.41 Å². The SMILES string of the molecule is CN1CCC(OC(=O)NC(=N)c2cccc(CN(C(=O)Cc3ccc(-c4ccccc4S(N)(=O)=O)cc3)C3CCCCC3)c2)CC1. The molecule has 3 aromatic carbocycles. The number of ether oxygens (including phenoxy) is 1. The summed E-state index contributed by atoms with van der Waals surface area (Å²) in [5.41, 5.74) is 3.46. The van der Waals surface area contributed by atoms with E-state index in [0.29, 0.717) is 23.2 Å². The van der Waals surface area contributed by atoms with Gasteiger partial charge in [-0.15, -0.1) is 0 Å². The van der Waals surface area contributed by atoms with Crippen LogP contribution in [0.3, 0.4) is 0 Å². The number of rotatable bonds is 9. The van der Waals surface area contributed by atoms with Crippen LogP contribution >= 0.6 is 0 Å². The predicted molar refractivity (Wildman–Crippen MR) is 178 cm³/mol. The number of nitrogens with two attached hydrogens (primary N) is 1. The van der Waals surface area contributed by atoms with Crippen LogP contribution in [-0.2, 0) is 32.5 Å². The third-order valence-corrected chi connectivity index (χ3v) is 9.85. The molecule has 0 unspecified atom stereocenters. The van der Waals surface area contributed by atoms with Crippen molar-refractivity contribution in [3.8, 4) is 11.1 Å². The molecule has 1 aliphatic heterocycles. The van der Waals surface area contributed by atoms with Crippen LogP contribution in [0.15, 0.2) is 77.7 Å². The highest BCUT2D eigenvalue weighted by Crippen LogP contribution is 2.28. The number of amidine groups is 1. The molecule has 0 aromatic heterocycles. The van der Waals surface area contributed by atoms with E-state index in [1.807, 2.05) is 54.4 Å². The summed E-state index contributed by atoms with van der Waals surface area (Å²) in [7, 11) is -1.85. The first-order valence-electron chi connectivity index (χ1n) is 15.9. The fourth-order valence-corrected chi connectivity index (χ4v) is 7.09. The second-order valence-electron chi connectivity index (χ2n) is 12.3. The Morgan fingerprint density at radius 2 is 1.63 bits per heavy atom. The number of amides is 2. The monoisotopic (exact) mass is 645 g/mol. The number of hydrogen-bond acceptors (Lipinski definition) is 7. The lowest BCUT2D eigenvalue weighted by molar-refractivity contribution is -0.134. The second-order valence-corrected chi connectivity index (χ2v) is 13.9. The molecule has 5 rings (SSSR count). The van der Waals surface area contributed by atoms with Crippen molar-refractivity contribution in [2.75, 3.05) is 20.1 Å². The lowest BCUT2D eigenvalue weighted by Gasteiger charge is -2.35. The summed E-state index contributed by atoms with van der Waals surface area (Å²) < 4.78 is 29.7. The van der Waals surface area contributed by atoms with Crippen LogP contribution < -0.4 is 10.5 Å². The van der Waals surface area contributed by atoms with Gasteiger partial charge in [0.15, 0.2) is 0 Å². The van der Waals surface area contributed by atoms with Crippen LogP contribution in [0.2, 0.25) is 0 Å². The molecule has 11 heteroatoms. The second kappa shape index (κ2) is 15.0. The molecule has 2 amide bonds. The Bertz CT molecular complexity index is 1650. The van der Waals surface area contributed by atoms with E-state index in [4.69, 9.17) is 15.3 Å². The zero-order valence-electron chi connectivity index (χ0n) is 26.3. The first kappa shape index (κ1) is 33.3. The molecular formula is C35H43N5O5S. The third kappa shape index (κ3) is 8.80. The van der Waals surface area contributed by atoms with Gasteiger partial charge in [-0.1, -0.05) is 79.9 Å². The van der Waals surface area contributed by atoms with Crippen molar-refractivity contribution in [3.05, 3.63) is 89.5 Å². The molecule has 0 spiro atoms. The predicted octanol–water partition coefficient (Wildman–Crippen LogP) is 5.05. The van der Waals surface area contributed by atoms with Crippen LogP contribution in [0.25, 0.3) is 11.1 Å². The molecule has 0 atom stereocenters. The number of primary sulfonamides is 1. The fourth-order valence-electron chi connectivity index (χ4n) is 6.32. The van der Waals surface area contributed by atoms with E-state index in [1.165, 1.54) is 6.07 Å². The smallest absolute Gasteiger partial charge is 0.413 e. The summed E-state index contributed by atoms with van der Waals surface area (Å²) in [5, 5.41) is 16.5. The molecule has 2 fully saturated rings.